The molecule has 0 amide bonds. The third-order valence-corrected chi connectivity index (χ3v) is 4.51. The summed E-state index contributed by atoms with van der Waals surface area (Å²) in [5, 5.41) is 0. The summed E-state index contributed by atoms with van der Waals surface area (Å²) in [6, 6.07) is 6.61. The van der Waals surface area contributed by atoms with Crippen molar-refractivity contribution in [3.63, 3.8) is 0 Å². The second-order valence-corrected chi connectivity index (χ2v) is 5.68. The van der Waals surface area contributed by atoms with E-state index in [-0.39, 0.29) is 11.5 Å². The molecule has 0 heterocycles. The van der Waals surface area contributed by atoms with Gasteiger partial charge < -0.3 is 11.5 Å². The number of hydrogen-bond acceptors (Lipinski definition) is 2. The van der Waals surface area contributed by atoms with Crippen molar-refractivity contribution in [2.45, 2.75) is 63.8 Å². The molecule has 0 saturated heterocycles. The fourth-order valence-electron chi connectivity index (χ4n) is 3.85. The van der Waals surface area contributed by atoms with E-state index >= 15 is 0 Å². The smallest absolute Gasteiger partial charge is 0.0355 e. The van der Waals surface area contributed by atoms with Crippen molar-refractivity contribution in [2.75, 3.05) is 5.73 Å². The molecule has 1 aliphatic carbocycles. The zero-order valence-corrected chi connectivity index (χ0v) is 11.7. The van der Waals surface area contributed by atoms with Crippen molar-refractivity contribution in [3.05, 3.63) is 29.3 Å². The highest BCUT2D eigenvalue weighted by Gasteiger charge is 2.42. The second-order valence-electron chi connectivity index (χ2n) is 5.68. The van der Waals surface area contributed by atoms with Crippen LogP contribution in [0.3, 0.4) is 0 Å². The molecule has 0 aromatic heterocycles. The van der Waals surface area contributed by atoms with Gasteiger partial charge in [-0.2, -0.15) is 0 Å². The molecule has 1 aromatic carbocycles. The molecule has 2 rings (SSSR count). The number of fused-ring (bicyclic) bond motifs is 1. The monoisotopic (exact) mass is 246 g/mol. The summed E-state index contributed by atoms with van der Waals surface area (Å²) in [5.74, 6) is 0. The van der Waals surface area contributed by atoms with E-state index in [4.69, 9.17) is 11.5 Å². The van der Waals surface area contributed by atoms with Crippen LogP contribution in [-0.2, 0) is 11.8 Å². The fraction of sp³-hybridized carbons (Fsp3) is 0.625. The number of anilines is 1. The minimum Gasteiger partial charge on any atom is -0.398 e. The molecule has 1 aromatic rings. The van der Waals surface area contributed by atoms with Crippen molar-refractivity contribution in [3.8, 4) is 0 Å². The fourth-order valence-corrected chi connectivity index (χ4v) is 3.85. The standard InChI is InChI=1S/C16H26N2/c1-3-10-16(11-4-2)14(18)9-8-12-6-5-7-13(17)15(12)16/h5-7,14H,3-4,8-11,17-18H2,1-2H3. The SMILES string of the molecule is CCCC1(CCC)c2c(N)cccc2CCC1N. The van der Waals surface area contributed by atoms with Crippen LogP contribution < -0.4 is 11.5 Å². The molecule has 18 heavy (non-hydrogen) atoms. The normalized spacial score (nSPS) is 21.6. The highest BCUT2D eigenvalue weighted by Crippen LogP contribution is 2.46. The van der Waals surface area contributed by atoms with Gasteiger partial charge in [0.15, 0.2) is 0 Å². The predicted octanol–water partition coefficient (Wildman–Crippen LogP) is 3.38. The minimum atomic E-state index is 0.114. The Morgan fingerprint density at radius 2 is 1.89 bits per heavy atom. The molecule has 0 aliphatic heterocycles. The van der Waals surface area contributed by atoms with Crippen LogP contribution in [0.1, 0.15) is 57.1 Å². The first-order valence-electron chi connectivity index (χ1n) is 7.29. The number of nitrogens with two attached hydrogens (primary N) is 2. The van der Waals surface area contributed by atoms with E-state index in [0.29, 0.717) is 0 Å². The Hall–Kier alpha value is -1.02. The average molecular weight is 246 g/mol. The van der Waals surface area contributed by atoms with Gasteiger partial charge in [-0.1, -0.05) is 38.8 Å². The van der Waals surface area contributed by atoms with E-state index in [2.05, 4.69) is 26.0 Å². The third-order valence-electron chi connectivity index (χ3n) is 4.51. The summed E-state index contributed by atoms with van der Waals surface area (Å²) >= 11 is 0. The Labute approximate surface area is 111 Å². The lowest BCUT2D eigenvalue weighted by molar-refractivity contribution is 0.262. The largest absolute Gasteiger partial charge is 0.398 e. The van der Waals surface area contributed by atoms with E-state index in [1.54, 1.807) is 0 Å². The topological polar surface area (TPSA) is 52.0 Å². The molecule has 0 saturated carbocycles. The van der Waals surface area contributed by atoms with E-state index in [1.165, 1.54) is 24.0 Å². The van der Waals surface area contributed by atoms with Gasteiger partial charge in [-0.05, 0) is 42.9 Å². The molecule has 2 nitrogen and oxygen atoms in total. The quantitative estimate of drug-likeness (QED) is 0.800. The molecule has 2 heteroatoms. The maximum Gasteiger partial charge on any atom is 0.0355 e. The molecule has 0 radical (unpaired) electrons. The summed E-state index contributed by atoms with van der Waals surface area (Å²) < 4.78 is 0. The van der Waals surface area contributed by atoms with Gasteiger partial charge in [0.05, 0.1) is 0 Å². The van der Waals surface area contributed by atoms with Crippen LogP contribution in [0, 0.1) is 0 Å². The Kier molecular flexibility index (Phi) is 3.96. The van der Waals surface area contributed by atoms with Gasteiger partial charge in [-0.3, -0.25) is 0 Å². The lowest BCUT2D eigenvalue weighted by Crippen LogP contribution is -2.49. The van der Waals surface area contributed by atoms with Crippen LogP contribution in [-0.4, -0.2) is 6.04 Å². The van der Waals surface area contributed by atoms with Gasteiger partial charge in [0.2, 0.25) is 0 Å². The molecule has 100 valence electrons. The van der Waals surface area contributed by atoms with Crippen molar-refractivity contribution in [1.29, 1.82) is 0 Å². The third kappa shape index (κ3) is 2.03. The maximum atomic E-state index is 6.51. The van der Waals surface area contributed by atoms with E-state index < -0.39 is 0 Å². The molecular formula is C16H26N2. The van der Waals surface area contributed by atoms with Crippen LogP contribution in [0.15, 0.2) is 18.2 Å². The van der Waals surface area contributed by atoms with Crippen LogP contribution in [0.4, 0.5) is 5.69 Å². The van der Waals surface area contributed by atoms with Crippen molar-refractivity contribution >= 4 is 5.69 Å². The molecular weight excluding hydrogens is 220 g/mol. The van der Waals surface area contributed by atoms with Gasteiger partial charge >= 0.3 is 0 Å². The van der Waals surface area contributed by atoms with Crippen molar-refractivity contribution in [1.82, 2.24) is 0 Å². The Morgan fingerprint density at radius 3 is 2.50 bits per heavy atom. The maximum absolute atomic E-state index is 6.51. The summed E-state index contributed by atoms with van der Waals surface area (Å²) in [7, 11) is 0. The highest BCUT2D eigenvalue weighted by molar-refractivity contribution is 5.57. The number of rotatable bonds is 4. The number of hydrogen-bond donors (Lipinski definition) is 2. The molecule has 4 N–H and O–H groups in total. The van der Waals surface area contributed by atoms with Crippen molar-refractivity contribution in [2.24, 2.45) is 5.73 Å². The van der Waals surface area contributed by atoms with Gasteiger partial charge in [0.25, 0.3) is 0 Å². The lowest BCUT2D eigenvalue weighted by atomic mass is 9.62. The lowest BCUT2D eigenvalue weighted by Gasteiger charge is -2.45. The first-order valence-corrected chi connectivity index (χ1v) is 7.29. The molecule has 1 atom stereocenters. The summed E-state index contributed by atoms with van der Waals surface area (Å²) in [5.41, 5.74) is 16.7. The number of benzene rings is 1. The highest BCUT2D eigenvalue weighted by atomic mass is 14.7. The van der Waals surface area contributed by atoms with E-state index in [9.17, 15) is 0 Å². The van der Waals surface area contributed by atoms with Gasteiger partial charge in [0.1, 0.15) is 0 Å². The minimum absolute atomic E-state index is 0.114. The van der Waals surface area contributed by atoms with Crippen LogP contribution in [0.25, 0.3) is 0 Å². The first kappa shape index (κ1) is 13.4. The molecule has 0 spiro atoms. The predicted molar refractivity (Wildman–Crippen MR) is 78.6 cm³/mol. The summed E-state index contributed by atoms with van der Waals surface area (Å²) in [6.45, 7) is 4.50. The zero-order valence-electron chi connectivity index (χ0n) is 11.7. The Morgan fingerprint density at radius 1 is 1.22 bits per heavy atom. The van der Waals surface area contributed by atoms with Crippen LogP contribution in [0.2, 0.25) is 0 Å². The number of aryl methyl sites for hydroxylation is 1. The van der Waals surface area contributed by atoms with Gasteiger partial charge in [0, 0.05) is 17.1 Å². The van der Waals surface area contributed by atoms with Crippen LogP contribution >= 0.6 is 0 Å². The van der Waals surface area contributed by atoms with Gasteiger partial charge in [-0.25, -0.2) is 0 Å². The second kappa shape index (κ2) is 5.31. The Bertz CT molecular complexity index is 406. The molecule has 0 bridgehead atoms. The van der Waals surface area contributed by atoms with Crippen LogP contribution in [0.5, 0.6) is 0 Å². The zero-order chi connectivity index (χ0) is 13.2. The Balaban J connectivity index is 2.56. The summed E-state index contributed by atoms with van der Waals surface area (Å²) in [4.78, 5) is 0. The molecule has 0 fully saturated rings. The van der Waals surface area contributed by atoms with E-state index in [0.717, 1.165) is 31.4 Å². The van der Waals surface area contributed by atoms with Crippen molar-refractivity contribution < 1.29 is 0 Å². The molecule has 1 unspecified atom stereocenters. The average Bonchev–Trinajstić information content (AvgIpc) is 2.34. The molecule has 1 aliphatic rings. The van der Waals surface area contributed by atoms with E-state index in [1.807, 2.05) is 6.07 Å². The van der Waals surface area contributed by atoms with Gasteiger partial charge in [-0.15, -0.1) is 0 Å². The summed E-state index contributed by atoms with van der Waals surface area (Å²) in [6.07, 6.45) is 6.82. The first-order chi connectivity index (χ1) is 8.65. The number of nitrogen functional groups attached to an aromatic ring is 1.